The summed E-state index contributed by atoms with van der Waals surface area (Å²) in [5.74, 6) is -0.173. The van der Waals surface area contributed by atoms with Crippen LogP contribution in [0.4, 0.5) is 105 Å². The molecule has 0 saturated carbocycles. The first-order valence-corrected chi connectivity index (χ1v) is 24.1. The van der Waals surface area contributed by atoms with Crippen LogP contribution < -0.4 is 26.4 Å². The summed E-state index contributed by atoms with van der Waals surface area (Å²) in [7, 11) is 0. The van der Waals surface area contributed by atoms with Gasteiger partial charge in [-0.3, -0.25) is 9.59 Å². The quantitative estimate of drug-likeness (QED) is 0.0450. The number of fused-ring (bicyclic) bond motifs is 1. The van der Waals surface area contributed by atoms with Gasteiger partial charge in [0.2, 0.25) is 23.6 Å². The lowest BCUT2D eigenvalue weighted by molar-refractivity contribution is -0.658. The maximum Gasteiger partial charge on any atom is 0.416 e. The van der Waals surface area contributed by atoms with Crippen molar-refractivity contribution in [3.8, 4) is 0 Å². The molecule has 0 fully saturated rings. The molecule has 8 aromatic rings. The van der Waals surface area contributed by atoms with E-state index in [2.05, 4.69) is 0 Å². The maximum atomic E-state index is 14.2. The second kappa shape index (κ2) is 23.4. The van der Waals surface area contributed by atoms with Crippen LogP contribution in [0.2, 0.25) is 0 Å². The van der Waals surface area contributed by atoms with Gasteiger partial charge in [-0.05, 0) is 48.0 Å². The number of hydrogen-bond donors (Lipinski definition) is 0. The molecule has 86 heavy (non-hydrogen) atoms. The van der Waals surface area contributed by atoms with Crippen LogP contribution in [0.15, 0.2) is 176 Å². The molecule has 7 aromatic carbocycles. The van der Waals surface area contributed by atoms with E-state index in [1.807, 2.05) is 83.4 Å². The monoisotopic (exact) mass is 1240 g/mol. The molecule has 8 rings (SSSR count). The number of benzene rings is 7. The summed E-state index contributed by atoms with van der Waals surface area (Å²) in [6.45, 7) is 0.103. The van der Waals surface area contributed by atoms with Gasteiger partial charge in [-0.1, -0.05) is 127 Å². The minimum atomic E-state index is -6.13. The second-order valence-electron chi connectivity index (χ2n) is 19.0. The van der Waals surface area contributed by atoms with E-state index in [0.717, 1.165) is 16.5 Å². The normalized spacial score (nSPS) is 13.2. The molecule has 0 amide bonds. The number of carbonyl (C=O) groups is 2. The largest absolute Gasteiger partial charge is 0.416 e. The zero-order valence-corrected chi connectivity index (χ0v) is 42.4. The average Bonchev–Trinajstić information content (AvgIpc) is 0.734. The summed E-state index contributed by atoms with van der Waals surface area (Å²) in [6, 6.07) is 21.5. The average molecular weight is 1240 g/mol. The first-order chi connectivity index (χ1) is 39.5. The molecule has 1 heterocycles. The van der Waals surface area contributed by atoms with Crippen molar-refractivity contribution in [1.82, 2.24) is 0 Å². The molecule has 0 aliphatic rings. The molecular weight excluding hydrogens is 1210 g/mol. The van der Waals surface area contributed by atoms with E-state index in [-0.39, 0.29) is 18.1 Å². The van der Waals surface area contributed by atoms with Gasteiger partial charge < -0.3 is 0 Å². The fraction of sp³-hybridized carbons (Fsp3) is 0.155. The Morgan fingerprint density at radius 2 is 0.640 bits per heavy atom. The molecule has 452 valence electrons. The van der Waals surface area contributed by atoms with Gasteiger partial charge in [0, 0.05) is 23.1 Å². The van der Waals surface area contributed by atoms with Crippen molar-refractivity contribution in [1.29, 1.82) is 0 Å². The molecule has 0 saturated heterocycles. The summed E-state index contributed by atoms with van der Waals surface area (Å²) >= 11 is 0. The van der Waals surface area contributed by atoms with Crippen molar-refractivity contribution in [3.63, 3.8) is 0 Å². The number of pyridine rings is 1. The Kier molecular flexibility index (Phi) is 17.6. The standard InChI is InChI=1S/C32H12BF24.C26H20NO2/c34-25(35,36)13-1-14(26(37,38)39)6-21(5-13)33(22-7-15(27(40,41)42)2-16(8-22)28(43,44)45,23-9-17(29(46,47)48)3-18(10-23)30(49,50)51)24-11-19(31(52,53)54)4-20(12-24)32(55,56)57;28-25(18-15-20-9-3-1-4-10-20)24-17-16-21-11-7-8-14-23(21)27(24)19-26(29)22-12-5-2-6-13-22/h1-12H;1-18H,19H2/q-1;+1. The highest BCUT2D eigenvalue weighted by Gasteiger charge is 2.47. The van der Waals surface area contributed by atoms with E-state index in [9.17, 15) is 115 Å². The number of ketones is 2. The van der Waals surface area contributed by atoms with Crippen LogP contribution in [0.1, 0.15) is 70.9 Å². The minimum Gasteiger partial charge on any atom is -0.287 e. The molecule has 0 spiro atoms. The lowest BCUT2D eigenvalue weighted by atomic mass is 9.12. The van der Waals surface area contributed by atoms with Crippen LogP contribution in [-0.4, -0.2) is 17.7 Å². The van der Waals surface area contributed by atoms with Crippen molar-refractivity contribution >= 4 is 56.5 Å². The first-order valence-electron chi connectivity index (χ1n) is 24.1. The summed E-state index contributed by atoms with van der Waals surface area (Å²) in [5, 5.41) is 0.983. The zero-order valence-electron chi connectivity index (χ0n) is 42.4. The molecule has 28 heteroatoms. The Balaban J connectivity index is 0.000000302. The third kappa shape index (κ3) is 14.7. The lowest BCUT2D eigenvalue weighted by Crippen LogP contribution is -2.75. The molecule has 0 unspecified atom stereocenters. The van der Waals surface area contributed by atoms with Crippen molar-refractivity contribution in [3.05, 3.63) is 237 Å². The van der Waals surface area contributed by atoms with Gasteiger partial charge in [0.25, 0.3) is 5.69 Å². The summed E-state index contributed by atoms with van der Waals surface area (Å²) in [5.41, 5.74) is -27.3. The zero-order chi connectivity index (χ0) is 64.0. The Hall–Kier alpha value is -8.59. The summed E-state index contributed by atoms with van der Waals surface area (Å²) in [6.07, 6.45) is -51.5. The van der Waals surface area contributed by atoms with Crippen LogP contribution in [0.25, 0.3) is 17.0 Å². The number of carbonyl (C=O) groups excluding carboxylic acids is 2. The smallest absolute Gasteiger partial charge is 0.287 e. The molecule has 0 bridgehead atoms. The van der Waals surface area contributed by atoms with Crippen LogP contribution in [0, 0.1) is 0 Å². The number of hydrogen-bond acceptors (Lipinski definition) is 2. The van der Waals surface area contributed by atoms with E-state index in [4.69, 9.17) is 0 Å². The minimum absolute atomic E-state index is 0.0342. The third-order valence-corrected chi connectivity index (χ3v) is 13.3. The van der Waals surface area contributed by atoms with Crippen LogP contribution in [-0.2, 0) is 56.0 Å². The van der Waals surface area contributed by atoms with E-state index < -0.39 is 195 Å². The number of halogens is 24. The van der Waals surface area contributed by atoms with Gasteiger partial charge in [-0.25, -0.2) is 0 Å². The Morgan fingerprint density at radius 3 is 0.953 bits per heavy atom. The number of alkyl halides is 24. The predicted molar refractivity (Wildman–Crippen MR) is 265 cm³/mol. The van der Waals surface area contributed by atoms with E-state index in [1.54, 1.807) is 30.4 Å². The van der Waals surface area contributed by atoms with Crippen molar-refractivity contribution in [2.75, 3.05) is 0 Å². The van der Waals surface area contributed by atoms with Gasteiger partial charge in [-0.15, -0.1) is 0 Å². The number of nitrogens with zero attached hydrogens (tertiary/aromatic N) is 1. The molecule has 0 radical (unpaired) electrons. The number of para-hydroxylation sites is 1. The Bertz CT molecular complexity index is 3400. The van der Waals surface area contributed by atoms with Gasteiger partial charge >= 0.3 is 49.4 Å². The maximum absolute atomic E-state index is 14.2. The van der Waals surface area contributed by atoms with Gasteiger partial charge in [0.15, 0.2) is 0 Å². The van der Waals surface area contributed by atoms with Crippen LogP contribution in [0.3, 0.4) is 0 Å². The molecule has 0 aliphatic carbocycles. The fourth-order valence-corrected chi connectivity index (χ4v) is 9.40. The summed E-state index contributed by atoms with van der Waals surface area (Å²) in [4.78, 5) is 25.8. The first kappa shape index (κ1) is 65.0. The highest BCUT2D eigenvalue weighted by atomic mass is 19.4. The molecule has 1 aromatic heterocycles. The molecule has 0 N–H and O–H groups in total. The van der Waals surface area contributed by atoms with Gasteiger partial charge in [0.1, 0.15) is 6.15 Å². The number of rotatable bonds is 10. The number of aromatic nitrogens is 1. The van der Waals surface area contributed by atoms with Gasteiger partial charge in [-0.2, -0.15) is 132 Å². The molecule has 3 nitrogen and oxygen atoms in total. The highest BCUT2D eigenvalue weighted by Crippen LogP contribution is 2.41. The Labute approximate surface area is 468 Å². The number of Topliss-reactive ketones (excluding diaryl/α,β-unsaturated/α-hetero) is 1. The Morgan fingerprint density at radius 1 is 0.349 bits per heavy atom. The highest BCUT2D eigenvalue weighted by molar-refractivity contribution is 7.20. The number of allylic oxidation sites excluding steroid dienone is 1. The van der Waals surface area contributed by atoms with Crippen LogP contribution in [0.5, 0.6) is 0 Å². The molecule has 0 aliphatic heterocycles. The fourth-order valence-electron chi connectivity index (χ4n) is 9.40. The topological polar surface area (TPSA) is 38.0 Å². The van der Waals surface area contributed by atoms with Crippen LogP contribution >= 0.6 is 0 Å². The van der Waals surface area contributed by atoms with Crippen molar-refractivity contribution in [2.24, 2.45) is 0 Å². The van der Waals surface area contributed by atoms with E-state index >= 15 is 0 Å². The van der Waals surface area contributed by atoms with Gasteiger partial charge in [0.05, 0.1) is 44.5 Å². The SMILES string of the molecule is FC(F)(F)c1cc([B-](c2cc(C(F)(F)F)cc(C(F)(F)F)c2)(c2cc(C(F)(F)F)cc(C(F)(F)F)c2)c2cc(C(F)(F)F)cc(C(F)(F)F)c2)cc(C(F)(F)F)c1.O=C(C[n+]1c(C(=O)C=Cc2ccccc2)ccc2ccccc21)c1ccccc1. The molecular formula is C58H32BF24NO2. The van der Waals surface area contributed by atoms with E-state index in [1.165, 1.54) is 0 Å². The van der Waals surface area contributed by atoms with E-state index in [0.29, 0.717) is 11.3 Å². The molecule has 0 atom stereocenters. The van der Waals surface area contributed by atoms with Crippen molar-refractivity contribution < 1.29 is 120 Å². The second-order valence-corrected chi connectivity index (χ2v) is 19.0. The van der Waals surface area contributed by atoms with Crippen molar-refractivity contribution in [2.45, 2.75) is 56.0 Å². The lowest BCUT2D eigenvalue weighted by Gasteiger charge is -2.46. The third-order valence-electron chi connectivity index (χ3n) is 13.3. The summed E-state index contributed by atoms with van der Waals surface area (Å²) < 4.78 is 343. The predicted octanol–water partition coefficient (Wildman–Crippen LogP) is 16.1.